The lowest BCUT2D eigenvalue weighted by atomic mass is 9.99. The van der Waals surface area contributed by atoms with Crippen molar-refractivity contribution < 1.29 is 14.6 Å². The Morgan fingerprint density at radius 1 is 1.11 bits per heavy atom. The van der Waals surface area contributed by atoms with E-state index in [2.05, 4.69) is 22.1 Å². The van der Waals surface area contributed by atoms with E-state index in [1.807, 2.05) is 0 Å². The second-order valence-electron chi connectivity index (χ2n) is 6.78. The molecule has 0 aliphatic carbocycles. The number of nitrogens with zero attached hydrogens (tertiary/aromatic N) is 4. The van der Waals surface area contributed by atoms with Crippen molar-refractivity contribution in [2.75, 3.05) is 23.3 Å². The third-order valence-electron chi connectivity index (χ3n) is 4.70. The molecule has 1 aromatic carbocycles. The third-order valence-corrected chi connectivity index (χ3v) is 4.70. The Labute approximate surface area is 160 Å². The van der Waals surface area contributed by atoms with Gasteiger partial charge in [-0.25, -0.2) is 4.98 Å². The van der Waals surface area contributed by atoms with Gasteiger partial charge in [-0.1, -0.05) is 6.92 Å². The molecule has 0 atom stereocenters. The summed E-state index contributed by atoms with van der Waals surface area (Å²) in [5.74, 6) is 0.831. The number of carbonyl (C=O) groups excluding carboxylic acids is 1. The van der Waals surface area contributed by atoms with Gasteiger partial charge in [-0.15, -0.1) is 0 Å². The van der Waals surface area contributed by atoms with Crippen LogP contribution >= 0.6 is 0 Å². The van der Waals surface area contributed by atoms with Crippen LogP contribution in [0.3, 0.4) is 0 Å². The maximum Gasteiger partial charge on any atom is 0.277 e. The lowest BCUT2D eigenvalue weighted by Gasteiger charge is -2.31. The van der Waals surface area contributed by atoms with Crippen LogP contribution in [0.5, 0.6) is 0 Å². The summed E-state index contributed by atoms with van der Waals surface area (Å²) in [7, 11) is 0. The zero-order valence-corrected chi connectivity index (χ0v) is 15.2. The van der Waals surface area contributed by atoms with Crippen LogP contribution in [0.25, 0.3) is 0 Å². The number of benzene rings is 1. The smallest absolute Gasteiger partial charge is 0.277 e. The Morgan fingerprint density at radius 3 is 2.21 bits per heavy atom. The van der Waals surface area contributed by atoms with Crippen LogP contribution in [-0.4, -0.2) is 33.8 Å². The molecule has 2 heterocycles. The minimum Gasteiger partial charge on any atom is -0.357 e. The first kappa shape index (κ1) is 19.2. The van der Waals surface area contributed by atoms with Crippen LogP contribution in [0.4, 0.5) is 22.9 Å². The number of aromatic nitrogens is 1. The number of non-ortho nitro benzene ring substituents is 2. The number of nitrogens with one attached hydrogen (secondary N) is 1. The van der Waals surface area contributed by atoms with Crippen molar-refractivity contribution in [1.82, 2.24) is 4.98 Å². The summed E-state index contributed by atoms with van der Waals surface area (Å²) < 4.78 is 0. The van der Waals surface area contributed by atoms with E-state index in [4.69, 9.17) is 0 Å². The van der Waals surface area contributed by atoms with Crippen LogP contribution < -0.4 is 10.2 Å². The molecule has 10 nitrogen and oxygen atoms in total. The van der Waals surface area contributed by atoms with E-state index in [-0.39, 0.29) is 5.56 Å². The Bertz CT molecular complexity index is 875. The second-order valence-corrected chi connectivity index (χ2v) is 6.78. The highest BCUT2D eigenvalue weighted by molar-refractivity contribution is 6.05. The monoisotopic (exact) mass is 385 g/mol. The summed E-state index contributed by atoms with van der Waals surface area (Å²) in [6, 6.07) is 6.29. The molecule has 1 saturated heterocycles. The number of pyridine rings is 1. The van der Waals surface area contributed by atoms with E-state index in [1.54, 1.807) is 12.1 Å². The molecule has 1 fully saturated rings. The molecule has 0 bridgehead atoms. The molecule has 28 heavy (non-hydrogen) atoms. The van der Waals surface area contributed by atoms with Gasteiger partial charge in [0, 0.05) is 25.2 Å². The average molecular weight is 385 g/mol. The highest BCUT2D eigenvalue weighted by Gasteiger charge is 2.20. The summed E-state index contributed by atoms with van der Waals surface area (Å²) in [5, 5.41) is 24.5. The molecule has 1 N–H and O–H groups in total. The van der Waals surface area contributed by atoms with Crippen LogP contribution in [-0.2, 0) is 0 Å². The molecule has 0 spiro atoms. The third kappa shape index (κ3) is 4.40. The number of amides is 1. The molecule has 3 rings (SSSR count). The van der Waals surface area contributed by atoms with E-state index in [0.717, 1.165) is 49.9 Å². The van der Waals surface area contributed by atoms with Crippen molar-refractivity contribution in [2.24, 2.45) is 5.92 Å². The summed E-state index contributed by atoms with van der Waals surface area (Å²) in [4.78, 5) is 39.3. The van der Waals surface area contributed by atoms with Crippen molar-refractivity contribution in [2.45, 2.75) is 19.8 Å². The Kier molecular flexibility index (Phi) is 5.48. The molecule has 1 aliphatic heterocycles. The highest BCUT2D eigenvalue weighted by Crippen LogP contribution is 2.25. The predicted molar refractivity (Wildman–Crippen MR) is 103 cm³/mol. The summed E-state index contributed by atoms with van der Waals surface area (Å²) in [6.45, 7) is 4.08. The van der Waals surface area contributed by atoms with Gasteiger partial charge in [0.1, 0.15) is 5.82 Å². The van der Waals surface area contributed by atoms with Crippen LogP contribution in [0.1, 0.15) is 30.1 Å². The Hall–Kier alpha value is -3.56. The molecule has 146 valence electrons. The van der Waals surface area contributed by atoms with Gasteiger partial charge in [0.15, 0.2) is 0 Å². The molecule has 10 heteroatoms. The lowest BCUT2D eigenvalue weighted by molar-refractivity contribution is -0.394. The van der Waals surface area contributed by atoms with Gasteiger partial charge in [-0.3, -0.25) is 25.0 Å². The fourth-order valence-corrected chi connectivity index (χ4v) is 3.03. The minimum atomic E-state index is -0.778. The number of piperidine rings is 1. The first-order valence-electron chi connectivity index (χ1n) is 8.79. The van der Waals surface area contributed by atoms with E-state index >= 15 is 0 Å². The molecule has 1 amide bonds. The fourth-order valence-electron chi connectivity index (χ4n) is 3.03. The number of anilines is 2. The number of nitro groups is 2. The molecule has 0 radical (unpaired) electrons. The van der Waals surface area contributed by atoms with Crippen molar-refractivity contribution in [1.29, 1.82) is 0 Å². The van der Waals surface area contributed by atoms with Gasteiger partial charge in [0.2, 0.25) is 0 Å². The number of hydrogen-bond donors (Lipinski definition) is 1. The van der Waals surface area contributed by atoms with Gasteiger partial charge in [-0.05, 0) is 30.9 Å². The standard InChI is InChI=1S/C18H19N5O5/c1-12-4-6-21(7-5-12)17-3-2-14(11-19-17)20-18(24)13-8-15(22(25)26)10-16(9-13)23(27)28/h2-3,8-12H,4-7H2,1H3,(H,20,24). The largest absolute Gasteiger partial charge is 0.357 e. The lowest BCUT2D eigenvalue weighted by Crippen LogP contribution is -2.33. The average Bonchev–Trinajstić information content (AvgIpc) is 2.68. The molecular weight excluding hydrogens is 366 g/mol. The second kappa shape index (κ2) is 7.99. The van der Waals surface area contributed by atoms with Gasteiger partial charge >= 0.3 is 0 Å². The first-order valence-corrected chi connectivity index (χ1v) is 8.79. The van der Waals surface area contributed by atoms with Gasteiger partial charge in [-0.2, -0.15) is 0 Å². The van der Waals surface area contributed by atoms with Crippen LogP contribution in [0.15, 0.2) is 36.5 Å². The summed E-state index contributed by atoms with van der Waals surface area (Å²) in [6.07, 6.45) is 3.70. The maximum atomic E-state index is 12.4. The van der Waals surface area contributed by atoms with Gasteiger partial charge in [0.05, 0.1) is 33.4 Å². The van der Waals surface area contributed by atoms with E-state index in [1.165, 1.54) is 6.20 Å². The highest BCUT2D eigenvalue weighted by atomic mass is 16.6. The topological polar surface area (TPSA) is 132 Å². The van der Waals surface area contributed by atoms with Crippen molar-refractivity contribution >= 4 is 28.8 Å². The molecule has 0 saturated carbocycles. The zero-order valence-electron chi connectivity index (χ0n) is 15.2. The van der Waals surface area contributed by atoms with Crippen molar-refractivity contribution in [3.63, 3.8) is 0 Å². The first-order chi connectivity index (χ1) is 13.3. The predicted octanol–water partition coefficient (Wildman–Crippen LogP) is 3.39. The normalized spacial score (nSPS) is 14.5. The quantitative estimate of drug-likeness (QED) is 0.616. The fraction of sp³-hybridized carbons (Fsp3) is 0.333. The van der Waals surface area contributed by atoms with Crippen molar-refractivity contribution in [3.8, 4) is 0 Å². The Morgan fingerprint density at radius 2 is 1.71 bits per heavy atom. The number of nitro benzene ring substituents is 2. The maximum absolute atomic E-state index is 12.4. The number of carbonyl (C=O) groups is 1. The number of rotatable bonds is 5. The molecule has 1 aliphatic rings. The van der Waals surface area contributed by atoms with Gasteiger partial charge in [0.25, 0.3) is 17.3 Å². The molecular formula is C18H19N5O5. The number of hydrogen-bond acceptors (Lipinski definition) is 7. The molecule has 0 unspecified atom stereocenters. The van der Waals surface area contributed by atoms with E-state index < -0.39 is 27.1 Å². The van der Waals surface area contributed by atoms with Gasteiger partial charge < -0.3 is 10.2 Å². The summed E-state index contributed by atoms with van der Waals surface area (Å²) in [5.41, 5.74) is -0.817. The van der Waals surface area contributed by atoms with Crippen LogP contribution in [0, 0.1) is 26.1 Å². The molecule has 1 aromatic heterocycles. The Balaban J connectivity index is 1.74. The van der Waals surface area contributed by atoms with Crippen molar-refractivity contribution in [3.05, 3.63) is 62.3 Å². The van der Waals surface area contributed by atoms with E-state index in [9.17, 15) is 25.0 Å². The minimum absolute atomic E-state index is 0.171. The molecule has 2 aromatic rings. The zero-order chi connectivity index (χ0) is 20.3. The SMILES string of the molecule is CC1CCN(c2ccc(NC(=O)c3cc([N+](=O)[O-])cc([N+](=O)[O-])c3)cn2)CC1. The van der Waals surface area contributed by atoms with E-state index in [0.29, 0.717) is 11.6 Å². The summed E-state index contributed by atoms with van der Waals surface area (Å²) >= 11 is 0. The van der Waals surface area contributed by atoms with Crippen LogP contribution in [0.2, 0.25) is 0 Å².